The Labute approximate surface area is 144 Å². The van der Waals surface area contributed by atoms with Gasteiger partial charge in [-0.05, 0) is 55.1 Å². The number of likely N-dealkylation sites (N-methyl/N-ethyl adjacent to an activating group) is 1. The van der Waals surface area contributed by atoms with E-state index in [2.05, 4.69) is 66.6 Å². The molecule has 0 amide bonds. The monoisotopic (exact) mass is 319 g/mol. The molecule has 0 saturated carbocycles. The molecule has 2 bridgehead atoms. The molecule has 2 unspecified atom stereocenters. The summed E-state index contributed by atoms with van der Waals surface area (Å²) < 4.78 is 6.00. The van der Waals surface area contributed by atoms with E-state index in [1.165, 1.54) is 36.0 Å². The first kappa shape index (κ1) is 15.5. The molecule has 2 nitrogen and oxygen atoms in total. The van der Waals surface area contributed by atoms with Crippen molar-refractivity contribution in [2.45, 2.75) is 44.4 Å². The fraction of sp³-hybridized carbons (Fsp3) is 0.364. The third-order valence-corrected chi connectivity index (χ3v) is 5.44. The molecule has 0 radical (unpaired) electrons. The van der Waals surface area contributed by atoms with Crippen molar-refractivity contribution in [1.82, 2.24) is 4.90 Å². The van der Waals surface area contributed by atoms with Crippen molar-refractivity contribution < 1.29 is 4.74 Å². The number of fused-ring (bicyclic) bond motifs is 2. The van der Waals surface area contributed by atoms with Crippen LogP contribution in [0.3, 0.4) is 0 Å². The number of benzene rings is 2. The van der Waals surface area contributed by atoms with Crippen molar-refractivity contribution >= 4 is 5.57 Å². The summed E-state index contributed by atoms with van der Waals surface area (Å²) in [7, 11) is 2.28. The second-order valence-electron chi connectivity index (χ2n) is 7.02. The summed E-state index contributed by atoms with van der Waals surface area (Å²) in [5.41, 5.74) is 4.02. The second-order valence-corrected chi connectivity index (χ2v) is 7.02. The third kappa shape index (κ3) is 3.25. The predicted octanol–water partition coefficient (Wildman–Crippen LogP) is 4.91. The molecule has 2 aliphatic heterocycles. The Morgan fingerprint density at radius 2 is 1.92 bits per heavy atom. The lowest BCUT2D eigenvalue weighted by Gasteiger charge is -2.42. The van der Waals surface area contributed by atoms with Gasteiger partial charge >= 0.3 is 0 Å². The lowest BCUT2D eigenvalue weighted by molar-refractivity contribution is 0.137. The van der Waals surface area contributed by atoms with Crippen LogP contribution in [0.5, 0.6) is 5.75 Å². The molecule has 1 saturated heterocycles. The highest BCUT2D eigenvalue weighted by molar-refractivity contribution is 5.68. The van der Waals surface area contributed by atoms with Crippen LogP contribution in [-0.4, -0.2) is 24.0 Å². The number of hydrogen-bond donors (Lipinski definition) is 0. The van der Waals surface area contributed by atoms with Crippen LogP contribution in [0, 0.1) is 0 Å². The Hall–Kier alpha value is -2.06. The van der Waals surface area contributed by atoms with Crippen molar-refractivity contribution in [2.75, 3.05) is 7.05 Å². The first-order chi connectivity index (χ1) is 11.8. The molecule has 124 valence electrons. The molecule has 0 aliphatic carbocycles. The zero-order valence-electron chi connectivity index (χ0n) is 14.3. The molecular weight excluding hydrogens is 294 g/mol. The maximum absolute atomic E-state index is 6.00. The Bertz CT molecular complexity index is 722. The van der Waals surface area contributed by atoms with Gasteiger partial charge in [0.15, 0.2) is 0 Å². The normalized spacial score (nSPS) is 23.6. The average molecular weight is 319 g/mol. The topological polar surface area (TPSA) is 12.5 Å². The number of piperidine rings is 1. The molecule has 0 N–H and O–H groups in total. The summed E-state index contributed by atoms with van der Waals surface area (Å²) in [5.74, 6) is 0.960. The first-order valence-electron chi connectivity index (χ1n) is 8.99. The standard InChI is InChI=1S/C22H25NO/c1-23-20-10-6-11-21(23)14-19(13-20)18-9-5-12-22(15-18)24-16-17-7-3-2-4-8-17/h2-5,7-9,12-13,15,20-21H,6,10-11,14,16H2,1H3. The Morgan fingerprint density at radius 3 is 2.75 bits per heavy atom. The van der Waals surface area contributed by atoms with E-state index < -0.39 is 0 Å². The number of ether oxygens (including phenoxy) is 1. The zero-order valence-corrected chi connectivity index (χ0v) is 14.3. The van der Waals surface area contributed by atoms with E-state index in [1.54, 1.807) is 0 Å². The van der Waals surface area contributed by atoms with Crippen molar-refractivity contribution in [3.63, 3.8) is 0 Å². The number of hydrogen-bond acceptors (Lipinski definition) is 2. The van der Waals surface area contributed by atoms with Gasteiger partial charge in [-0.3, -0.25) is 4.90 Å². The highest BCUT2D eigenvalue weighted by Crippen LogP contribution is 2.36. The number of nitrogens with zero attached hydrogens (tertiary/aromatic N) is 1. The molecule has 2 heterocycles. The van der Waals surface area contributed by atoms with Gasteiger partial charge < -0.3 is 4.74 Å². The van der Waals surface area contributed by atoms with E-state index in [4.69, 9.17) is 4.74 Å². The largest absolute Gasteiger partial charge is 0.489 e. The fourth-order valence-corrected chi connectivity index (χ4v) is 3.98. The molecule has 2 aromatic rings. The summed E-state index contributed by atoms with van der Waals surface area (Å²) in [6.07, 6.45) is 7.63. The summed E-state index contributed by atoms with van der Waals surface area (Å²) in [6.45, 7) is 0.622. The quantitative estimate of drug-likeness (QED) is 0.794. The van der Waals surface area contributed by atoms with Crippen LogP contribution in [-0.2, 0) is 6.61 Å². The van der Waals surface area contributed by atoms with Crippen LogP contribution in [0.2, 0.25) is 0 Å². The van der Waals surface area contributed by atoms with Gasteiger partial charge in [-0.15, -0.1) is 0 Å². The molecule has 1 fully saturated rings. The maximum atomic E-state index is 6.00. The lowest BCUT2D eigenvalue weighted by atomic mass is 9.83. The van der Waals surface area contributed by atoms with Gasteiger partial charge in [-0.2, -0.15) is 0 Å². The Morgan fingerprint density at radius 1 is 1.04 bits per heavy atom. The molecule has 0 spiro atoms. The minimum Gasteiger partial charge on any atom is -0.489 e. The highest BCUT2D eigenvalue weighted by atomic mass is 16.5. The number of rotatable bonds is 4. The minimum atomic E-state index is 0.612. The van der Waals surface area contributed by atoms with E-state index in [1.807, 2.05) is 6.07 Å². The van der Waals surface area contributed by atoms with Gasteiger partial charge in [0.25, 0.3) is 0 Å². The third-order valence-electron chi connectivity index (χ3n) is 5.44. The molecule has 2 aromatic carbocycles. The van der Waals surface area contributed by atoms with E-state index in [0.717, 1.165) is 12.2 Å². The molecular formula is C22H25NO. The summed E-state index contributed by atoms with van der Waals surface area (Å²) >= 11 is 0. The van der Waals surface area contributed by atoms with Crippen LogP contribution >= 0.6 is 0 Å². The summed E-state index contributed by atoms with van der Waals surface area (Å²) in [6, 6.07) is 20.3. The van der Waals surface area contributed by atoms with Crippen LogP contribution < -0.4 is 4.74 Å². The van der Waals surface area contributed by atoms with Crippen LogP contribution in [0.4, 0.5) is 0 Å². The van der Waals surface area contributed by atoms with Crippen LogP contribution in [0.25, 0.3) is 5.57 Å². The van der Waals surface area contributed by atoms with Crippen molar-refractivity contribution in [2.24, 2.45) is 0 Å². The smallest absolute Gasteiger partial charge is 0.120 e. The van der Waals surface area contributed by atoms with Gasteiger partial charge in [-0.25, -0.2) is 0 Å². The average Bonchev–Trinajstić information content (AvgIpc) is 2.61. The zero-order chi connectivity index (χ0) is 16.4. The van der Waals surface area contributed by atoms with E-state index >= 15 is 0 Å². The van der Waals surface area contributed by atoms with Gasteiger partial charge in [0.1, 0.15) is 12.4 Å². The molecule has 4 rings (SSSR count). The van der Waals surface area contributed by atoms with Gasteiger partial charge in [0, 0.05) is 12.1 Å². The highest BCUT2D eigenvalue weighted by Gasteiger charge is 2.31. The van der Waals surface area contributed by atoms with Crippen molar-refractivity contribution in [3.8, 4) is 5.75 Å². The van der Waals surface area contributed by atoms with Crippen molar-refractivity contribution in [1.29, 1.82) is 0 Å². The van der Waals surface area contributed by atoms with Crippen molar-refractivity contribution in [3.05, 3.63) is 71.8 Å². The Kier molecular flexibility index (Phi) is 4.40. The SMILES string of the molecule is CN1C2C=C(c3cccc(OCc4ccccc4)c3)CC1CCC2. The minimum absolute atomic E-state index is 0.612. The molecule has 0 aromatic heterocycles. The molecule has 2 aliphatic rings. The van der Waals surface area contributed by atoms with E-state index in [9.17, 15) is 0 Å². The second kappa shape index (κ2) is 6.82. The van der Waals surface area contributed by atoms with Gasteiger partial charge in [-0.1, -0.05) is 55.0 Å². The maximum Gasteiger partial charge on any atom is 0.120 e. The lowest BCUT2D eigenvalue weighted by Crippen LogP contribution is -2.45. The summed E-state index contributed by atoms with van der Waals surface area (Å²) in [4.78, 5) is 2.56. The molecule has 24 heavy (non-hydrogen) atoms. The first-order valence-corrected chi connectivity index (χ1v) is 8.99. The van der Waals surface area contributed by atoms with E-state index in [0.29, 0.717) is 18.7 Å². The van der Waals surface area contributed by atoms with Gasteiger partial charge in [0.05, 0.1) is 0 Å². The fourth-order valence-electron chi connectivity index (χ4n) is 3.98. The Balaban J connectivity index is 1.50. The predicted molar refractivity (Wildman–Crippen MR) is 99.0 cm³/mol. The molecule has 2 heteroatoms. The molecule has 2 atom stereocenters. The van der Waals surface area contributed by atoms with E-state index in [-0.39, 0.29) is 0 Å². The summed E-state index contributed by atoms with van der Waals surface area (Å²) in [5, 5.41) is 0. The van der Waals surface area contributed by atoms with Crippen LogP contribution in [0.15, 0.2) is 60.7 Å². The van der Waals surface area contributed by atoms with Crippen LogP contribution in [0.1, 0.15) is 36.8 Å². The van der Waals surface area contributed by atoms with Gasteiger partial charge in [0.2, 0.25) is 0 Å².